The molecule has 0 aliphatic carbocycles. The molecule has 0 unspecified atom stereocenters. The molecule has 0 spiro atoms. The van der Waals surface area contributed by atoms with Crippen LogP contribution in [0.2, 0.25) is 0 Å². The Morgan fingerprint density at radius 2 is 2.06 bits per heavy atom. The maximum Gasteiger partial charge on any atom is 0.128 e. The Balaban J connectivity index is 2.03. The predicted molar refractivity (Wildman–Crippen MR) is 68.7 cm³/mol. The fourth-order valence-corrected chi connectivity index (χ4v) is 2.15. The van der Waals surface area contributed by atoms with Crippen LogP contribution in [0.3, 0.4) is 0 Å². The molecule has 17 heavy (non-hydrogen) atoms. The number of nitrogens with one attached hydrogen (secondary N) is 1. The first-order chi connectivity index (χ1) is 8.27. The second-order valence-corrected chi connectivity index (χ2v) is 4.53. The monoisotopic (exact) mass is 234 g/mol. The van der Waals surface area contributed by atoms with Crippen molar-refractivity contribution < 1.29 is 4.39 Å². The third kappa shape index (κ3) is 3.29. The van der Waals surface area contributed by atoms with Gasteiger partial charge < -0.3 is 5.32 Å². The third-order valence-corrected chi connectivity index (χ3v) is 3.13. The smallest absolute Gasteiger partial charge is 0.128 e. The number of nitrogens with zero attached hydrogens (tertiary/aromatic N) is 1. The summed E-state index contributed by atoms with van der Waals surface area (Å²) >= 11 is 0. The highest BCUT2D eigenvalue weighted by Crippen LogP contribution is 2.17. The molecule has 2 rings (SSSR count). The maximum absolute atomic E-state index is 13.6. The Morgan fingerprint density at radius 1 is 1.24 bits per heavy atom. The molecule has 1 aliphatic rings. The lowest BCUT2D eigenvalue weighted by atomic mass is 10.1. The Bertz CT molecular complexity index is 401. The van der Waals surface area contributed by atoms with E-state index in [1.807, 2.05) is 19.1 Å². The standard InChI is InChI=1S/C14H19FN2/c1-11(12-7-4-5-8-13(12)15)17-14-9-3-2-6-10-16-14/h4-5,7-8,11H,2-3,6,9-10H2,1H3,(H,16,17)/t11-/m1/s1. The Labute approximate surface area is 102 Å². The molecule has 92 valence electrons. The summed E-state index contributed by atoms with van der Waals surface area (Å²) < 4.78 is 13.6. The van der Waals surface area contributed by atoms with Gasteiger partial charge in [0.15, 0.2) is 0 Å². The Morgan fingerprint density at radius 3 is 2.88 bits per heavy atom. The summed E-state index contributed by atoms with van der Waals surface area (Å²) in [6.45, 7) is 2.87. The van der Waals surface area contributed by atoms with Gasteiger partial charge in [-0.05, 0) is 25.8 Å². The molecule has 3 heteroatoms. The summed E-state index contributed by atoms with van der Waals surface area (Å²) in [4.78, 5) is 4.50. The average Bonchev–Trinajstić information content (AvgIpc) is 2.58. The molecular formula is C14H19FN2. The molecule has 0 radical (unpaired) electrons. The van der Waals surface area contributed by atoms with Gasteiger partial charge in [-0.15, -0.1) is 0 Å². The van der Waals surface area contributed by atoms with E-state index in [0.29, 0.717) is 5.56 Å². The molecule has 1 aliphatic heterocycles. The molecule has 0 fully saturated rings. The number of rotatable bonds is 2. The quantitative estimate of drug-likeness (QED) is 0.832. The number of hydrogen-bond donors (Lipinski definition) is 1. The van der Waals surface area contributed by atoms with Crippen molar-refractivity contribution in [3.8, 4) is 0 Å². The van der Waals surface area contributed by atoms with Crippen LogP contribution in [-0.4, -0.2) is 12.4 Å². The van der Waals surface area contributed by atoms with Gasteiger partial charge in [-0.25, -0.2) is 4.39 Å². The maximum atomic E-state index is 13.6. The third-order valence-electron chi connectivity index (χ3n) is 3.13. The van der Waals surface area contributed by atoms with Crippen molar-refractivity contribution in [3.05, 3.63) is 35.6 Å². The van der Waals surface area contributed by atoms with Crippen molar-refractivity contribution in [2.75, 3.05) is 6.54 Å². The fourth-order valence-electron chi connectivity index (χ4n) is 2.15. The SMILES string of the molecule is C[C@@H](NC1=NCCCCC1)c1ccccc1F. The van der Waals surface area contributed by atoms with E-state index in [-0.39, 0.29) is 11.9 Å². The minimum Gasteiger partial charge on any atom is -0.367 e. The van der Waals surface area contributed by atoms with E-state index in [4.69, 9.17) is 0 Å². The van der Waals surface area contributed by atoms with Crippen molar-refractivity contribution >= 4 is 5.84 Å². The lowest BCUT2D eigenvalue weighted by Gasteiger charge is -2.17. The average molecular weight is 234 g/mol. The number of halogens is 1. The summed E-state index contributed by atoms with van der Waals surface area (Å²) in [5.41, 5.74) is 0.708. The molecule has 1 N–H and O–H groups in total. The predicted octanol–water partition coefficient (Wildman–Crippen LogP) is 3.45. The van der Waals surface area contributed by atoms with Gasteiger partial charge in [0, 0.05) is 18.5 Å². The normalized spacial score (nSPS) is 18.1. The van der Waals surface area contributed by atoms with Crippen molar-refractivity contribution in [2.24, 2.45) is 4.99 Å². The highest BCUT2D eigenvalue weighted by molar-refractivity contribution is 5.82. The van der Waals surface area contributed by atoms with Gasteiger partial charge in [-0.1, -0.05) is 24.6 Å². The molecule has 1 aromatic rings. The zero-order chi connectivity index (χ0) is 12.1. The van der Waals surface area contributed by atoms with Gasteiger partial charge in [0.1, 0.15) is 5.82 Å². The van der Waals surface area contributed by atoms with E-state index < -0.39 is 0 Å². The minimum atomic E-state index is -0.151. The van der Waals surface area contributed by atoms with Gasteiger partial charge in [0.25, 0.3) is 0 Å². The van der Waals surface area contributed by atoms with E-state index in [1.54, 1.807) is 6.07 Å². The number of hydrogen-bond acceptors (Lipinski definition) is 2. The highest BCUT2D eigenvalue weighted by Gasteiger charge is 2.12. The minimum absolute atomic E-state index is 0.0203. The second kappa shape index (κ2) is 5.80. The molecule has 0 bridgehead atoms. The fraction of sp³-hybridized carbons (Fsp3) is 0.500. The highest BCUT2D eigenvalue weighted by atomic mass is 19.1. The van der Waals surface area contributed by atoms with Crippen molar-refractivity contribution in [1.29, 1.82) is 0 Å². The van der Waals surface area contributed by atoms with Crippen LogP contribution in [0.5, 0.6) is 0 Å². The van der Waals surface area contributed by atoms with Crippen LogP contribution < -0.4 is 5.32 Å². The van der Waals surface area contributed by atoms with E-state index in [2.05, 4.69) is 10.3 Å². The van der Waals surface area contributed by atoms with Crippen LogP contribution in [0.1, 0.15) is 44.2 Å². The summed E-state index contributed by atoms with van der Waals surface area (Å²) in [5.74, 6) is 0.875. The Kier molecular flexibility index (Phi) is 4.13. The zero-order valence-electron chi connectivity index (χ0n) is 10.2. The molecule has 1 heterocycles. The first kappa shape index (κ1) is 12.1. The lowest BCUT2D eigenvalue weighted by molar-refractivity contribution is 0.576. The molecule has 0 aromatic heterocycles. The van der Waals surface area contributed by atoms with Crippen molar-refractivity contribution in [2.45, 2.75) is 38.6 Å². The Hall–Kier alpha value is -1.38. The molecule has 1 aromatic carbocycles. The van der Waals surface area contributed by atoms with E-state index in [0.717, 1.165) is 18.8 Å². The first-order valence-electron chi connectivity index (χ1n) is 6.31. The van der Waals surface area contributed by atoms with Gasteiger partial charge in [0.2, 0.25) is 0 Å². The van der Waals surface area contributed by atoms with Gasteiger partial charge in [-0.3, -0.25) is 4.99 Å². The lowest BCUT2D eigenvalue weighted by Crippen LogP contribution is -2.27. The van der Waals surface area contributed by atoms with Gasteiger partial charge in [-0.2, -0.15) is 0 Å². The van der Waals surface area contributed by atoms with Crippen LogP contribution in [0.4, 0.5) is 4.39 Å². The van der Waals surface area contributed by atoms with Crippen LogP contribution >= 0.6 is 0 Å². The summed E-state index contributed by atoms with van der Waals surface area (Å²) in [6, 6.07) is 6.89. The van der Waals surface area contributed by atoms with Crippen LogP contribution in [0.25, 0.3) is 0 Å². The molecular weight excluding hydrogens is 215 g/mol. The van der Waals surface area contributed by atoms with E-state index in [1.165, 1.54) is 25.3 Å². The van der Waals surface area contributed by atoms with Crippen molar-refractivity contribution in [1.82, 2.24) is 5.32 Å². The summed E-state index contributed by atoms with van der Waals surface area (Å²) in [5, 5.41) is 3.33. The second-order valence-electron chi connectivity index (χ2n) is 4.53. The number of benzene rings is 1. The van der Waals surface area contributed by atoms with Crippen LogP contribution in [0.15, 0.2) is 29.3 Å². The molecule has 2 nitrogen and oxygen atoms in total. The van der Waals surface area contributed by atoms with Crippen LogP contribution in [0, 0.1) is 5.82 Å². The molecule has 0 saturated carbocycles. The summed E-state index contributed by atoms with van der Waals surface area (Å²) in [6.07, 6.45) is 4.57. The van der Waals surface area contributed by atoms with Crippen molar-refractivity contribution in [3.63, 3.8) is 0 Å². The summed E-state index contributed by atoms with van der Waals surface area (Å²) in [7, 11) is 0. The largest absolute Gasteiger partial charge is 0.367 e. The number of aliphatic imine (C=N–C) groups is 1. The zero-order valence-corrected chi connectivity index (χ0v) is 10.2. The van der Waals surface area contributed by atoms with Crippen LogP contribution in [-0.2, 0) is 0 Å². The molecule has 1 atom stereocenters. The van der Waals surface area contributed by atoms with E-state index >= 15 is 0 Å². The van der Waals surface area contributed by atoms with Gasteiger partial charge in [0.05, 0.1) is 11.9 Å². The molecule has 0 amide bonds. The number of amidine groups is 1. The van der Waals surface area contributed by atoms with E-state index in [9.17, 15) is 4.39 Å². The van der Waals surface area contributed by atoms with Gasteiger partial charge >= 0.3 is 0 Å². The molecule has 0 saturated heterocycles. The topological polar surface area (TPSA) is 24.4 Å². The first-order valence-corrected chi connectivity index (χ1v) is 6.31.